The molecule has 0 aromatic heterocycles. The SMILES string of the molecule is COC(=O)CCCCC(=O)NC(C(=O)N[C@@H](C)C(=O)Nc1ccc(COC(=O)N2C[C@@H]3Cc4ccccc4CN3C(=O)c3cc(OC)c(O)cc32)cc1)C(C)C. The van der Waals surface area contributed by atoms with Crippen LogP contribution in [-0.4, -0.2) is 84.6 Å². The minimum absolute atomic E-state index is 0.107. The molecule has 5 rings (SSSR count). The molecule has 298 valence electrons. The number of aromatic hydroxyl groups is 1. The number of nitrogens with zero attached hydrogens (tertiary/aromatic N) is 2. The van der Waals surface area contributed by atoms with Crippen LogP contribution in [0.2, 0.25) is 0 Å². The summed E-state index contributed by atoms with van der Waals surface area (Å²) in [6, 6.07) is 15.1. The molecule has 2 aliphatic heterocycles. The smallest absolute Gasteiger partial charge is 0.414 e. The molecule has 5 amide bonds. The van der Waals surface area contributed by atoms with Crippen molar-refractivity contribution in [2.45, 2.75) is 84.2 Å². The monoisotopic (exact) mass is 771 g/mol. The third-order valence-electron chi connectivity index (χ3n) is 9.91. The summed E-state index contributed by atoms with van der Waals surface area (Å²) >= 11 is 0. The quantitative estimate of drug-likeness (QED) is 0.135. The number of ether oxygens (including phenoxy) is 3. The molecule has 0 aliphatic carbocycles. The van der Waals surface area contributed by atoms with Crippen molar-refractivity contribution in [1.82, 2.24) is 15.5 Å². The molecule has 0 saturated carbocycles. The molecule has 4 N–H and O–H groups in total. The molecule has 0 spiro atoms. The van der Waals surface area contributed by atoms with Crippen LogP contribution < -0.4 is 25.6 Å². The zero-order chi connectivity index (χ0) is 40.5. The number of benzene rings is 3. The summed E-state index contributed by atoms with van der Waals surface area (Å²) in [7, 11) is 2.69. The number of hydrogen-bond acceptors (Lipinski definition) is 10. The standard InChI is InChI=1S/C41H49N5O10/c1-24(2)37(44-35(48)12-8-9-13-36(49)55-5)39(51)42-25(3)38(50)43-29-16-14-26(15-17-29)23-56-41(53)46-22-30-18-27-10-6-7-11-28(27)21-45(30)40(52)31-19-34(54-4)33(47)20-32(31)46/h6-7,10-11,14-17,19-20,24-25,30,37,47H,8-9,12-13,18,21-23H2,1-5H3,(H,42,51)(H,43,50)(H,44,48)/t25-,30-,37?/m0/s1. The number of rotatable bonds is 14. The number of nitrogens with one attached hydrogen (secondary N) is 3. The number of phenols is 1. The Bertz CT molecular complexity index is 1950. The summed E-state index contributed by atoms with van der Waals surface area (Å²) in [5.74, 6) is -2.33. The van der Waals surface area contributed by atoms with Crippen molar-refractivity contribution < 1.29 is 48.1 Å². The Morgan fingerprint density at radius 2 is 1.59 bits per heavy atom. The first-order chi connectivity index (χ1) is 26.8. The Labute approximate surface area is 325 Å². The lowest BCUT2D eigenvalue weighted by atomic mass is 9.93. The molecule has 3 atom stereocenters. The molecular weight excluding hydrogens is 722 g/mol. The maximum atomic E-state index is 13.9. The molecule has 56 heavy (non-hydrogen) atoms. The van der Waals surface area contributed by atoms with Crippen LogP contribution in [0, 0.1) is 5.92 Å². The van der Waals surface area contributed by atoms with Gasteiger partial charge in [0.2, 0.25) is 17.7 Å². The summed E-state index contributed by atoms with van der Waals surface area (Å²) in [5, 5.41) is 18.8. The molecule has 0 bridgehead atoms. The van der Waals surface area contributed by atoms with Gasteiger partial charge in [0.15, 0.2) is 11.5 Å². The fraction of sp³-hybridized carbons (Fsp3) is 0.415. The van der Waals surface area contributed by atoms with Crippen LogP contribution in [0.25, 0.3) is 0 Å². The number of amides is 5. The third kappa shape index (κ3) is 9.94. The van der Waals surface area contributed by atoms with E-state index in [2.05, 4.69) is 20.7 Å². The van der Waals surface area contributed by atoms with Crippen LogP contribution in [0.1, 0.15) is 73.5 Å². The number of anilines is 2. The highest BCUT2D eigenvalue weighted by atomic mass is 16.6. The molecule has 3 aromatic rings. The number of esters is 1. The number of methoxy groups -OCH3 is 2. The minimum Gasteiger partial charge on any atom is -0.504 e. The lowest BCUT2D eigenvalue weighted by molar-refractivity contribution is -0.140. The summed E-state index contributed by atoms with van der Waals surface area (Å²) < 4.78 is 15.6. The van der Waals surface area contributed by atoms with Crippen molar-refractivity contribution >= 4 is 47.1 Å². The largest absolute Gasteiger partial charge is 0.504 e. The van der Waals surface area contributed by atoms with Gasteiger partial charge in [-0.15, -0.1) is 0 Å². The second-order valence-electron chi connectivity index (χ2n) is 14.3. The van der Waals surface area contributed by atoms with E-state index in [0.717, 1.165) is 11.1 Å². The van der Waals surface area contributed by atoms with Gasteiger partial charge < -0.3 is 40.2 Å². The average Bonchev–Trinajstić information content (AvgIpc) is 3.29. The number of phenolic OH excluding ortho intramolecular Hbond substituents is 1. The van der Waals surface area contributed by atoms with E-state index < -0.39 is 30.0 Å². The third-order valence-corrected chi connectivity index (χ3v) is 9.91. The van der Waals surface area contributed by atoms with Gasteiger partial charge in [-0.25, -0.2) is 4.79 Å². The predicted molar refractivity (Wildman–Crippen MR) is 206 cm³/mol. The molecule has 3 aromatic carbocycles. The van der Waals surface area contributed by atoms with Gasteiger partial charge in [0.25, 0.3) is 5.91 Å². The molecular formula is C41H49N5O10. The predicted octanol–water partition coefficient (Wildman–Crippen LogP) is 4.44. The molecule has 1 unspecified atom stereocenters. The zero-order valence-electron chi connectivity index (χ0n) is 32.3. The molecule has 0 fully saturated rings. The fourth-order valence-electron chi connectivity index (χ4n) is 6.70. The first kappa shape index (κ1) is 41.1. The van der Waals surface area contributed by atoms with Crippen molar-refractivity contribution in [3.8, 4) is 11.5 Å². The Hall–Kier alpha value is -6.12. The first-order valence-electron chi connectivity index (χ1n) is 18.6. The van der Waals surface area contributed by atoms with Gasteiger partial charge >= 0.3 is 12.1 Å². The number of carbonyl (C=O) groups excluding carboxylic acids is 6. The lowest BCUT2D eigenvalue weighted by Gasteiger charge is -2.36. The topological polar surface area (TPSA) is 193 Å². The number of unbranched alkanes of at least 4 members (excludes halogenated alkanes) is 1. The van der Waals surface area contributed by atoms with Crippen LogP contribution in [0.15, 0.2) is 60.7 Å². The van der Waals surface area contributed by atoms with Gasteiger partial charge in [-0.1, -0.05) is 50.2 Å². The van der Waals surface area contributed by atoms with Crippen molar-refractivity contribution in [3.63, 3.8) is 0 Å². The van der Waals surface area contributed by atoms with E-state index in [1.807, 2.05) is 24.3 Å². The second-order valence-corrected chi connectivity index (χ2v) is 14.3. The lowest BCUT2D eigenvalue weighted by Crippen LogP contribution is -2.53. The van der Waals surface area contributed by atoms with E-state index in [1.54, 1.807) is 43.0 Å². The van der Waals surface area contributed by atoms with Gasteiger partial charge in [0.1, 0.15) is 18.7 Å². The van der Waals surface area contributed by atoms with Crippen molar-refractivity contribution in [2.24, 2.45) is 5.92 Å². The summed E-state index contributed by atoms with van der Waals surface area (Å²) in [6.45, 7) is 5.49. The molecule has 15 nitrogen and oxygen atoms in total. The normalized spacial score (nSPS) is 15.6. The second kappa shape index (κ2) is 18.5. The van der Waals surface area contributed by atoms with E-state index in [1.165, 1.54) is 38.2 Å². The van der Waals surface area contributed by atoms with Crippen molar-refractivity contribution in [1.29, 1.82) is 0 Å². The number of carbonyl (C=O) groups is 6. The van der Waals surface area contributed by atoms with E-state index in [9.17, 15) is 33.9 Å². The molecule has 0 saturated heterocycles. The molecule has 2 heterocycles. The Balaban J connectivity index is 1.17. The Kier molecular flexibility index (Phi) is 13.5. The summed E-state index contributed by atoms with van der Waals surface area (Å²) in [6.07, 6.45) is 1.11. The van der Waals surface area contributed by atoms with Crippen LogP contribution in [0.4, 0.5) is 16.2 Å². The highest BCUT2D eigenvalue weighted by Gasteiger charge is 2.39. The van der Waals surface area contributed by atoms with Crippen LogP contribution in [-0.2, 0) is 48.2 Å². The van der Waals surface area contributed by atoms with Crippen molar-refractivity contribution in [2.75, 3.05) is 31.0 Å². The highest BCUT2D eigenvalue weighted by Crippen LogP contribution is 2.39. The molecule has 2 aliphatic rings. The van der Waals surface area contributed by atoms with Gasteiger partial charge in [-0.3, -0.25) is 28.9 Å². The minimum atomic E-state index is -0.933. The maximum absolute atomic E-state index is 13.9. The van der Waals surface area contributed by atoms with E-state index in [-0.39, 0.29) is 78.5 Å². The average molecular weight is 772 g/mol. The van der Waals surface area contributed by atoms with Crippen molar-refractivity contribution in [3.05, 3.63) is 82.9 Å². The number of hydrogen-bond donors (Lipinski definition) is 4. The fourth-order valence-corrected chi connectivity index (χ4v) is 6.70. The first-order valence-corrected chi connectivity index (χ1v) is 18.6. The molecule has 0 radical (unpaired) electrons. The maximum Gasteiger partial charge on any atom is 0.414 e. The van der Waals surface area contributed by atoms with E-state index in [0.29, 0.717) is 37.1 Å². The van der Waals surface area contributed by atoms with Gasteiger partial charge in [-0.05, 0) is 67.0 Å². The van der Waals surface area contributed by atoms with Gasteiger partial charge in [-0.2, -0.15) is 0 Å². The zero-order valence-corrected chi connectivity index (χ0v) is 32.3. The Morgan fingerprint density at radius 1 is 0.893 bits per heavy atom. The Morgan fingerprint density at radius 3 is 2.27 bits per heavy atom. The van der Waals surface area contributed by atoms with E-state index in [4.69, 9.17) is 9.47 Å². The number of fused-ring (bicyclic) bond motifs is 3. The summed E-state index contributed by atoms with van der Waals surface area (Å²) in [5.41, 5.74) is 3.60. The highest BCUT2D eigenvalue weighted by molar-refractivity contribution is 6.06. The summed E-state index contributed by atoms with van der Waals surface area (Å²) in [4.78, 5) is 80.6. The van der Waals surface area contributed by atoms with Crippen LogP contribution >= 0.6 is 0 Å². The van der Waals surface area contributed by atoms with Crippen LogP contribution in [0.3, 0.4) is 0 Å². The van der Waals surface area contributed by atoms with Gasteiger partial charge in [0.05, 0.1) is 38.1 Å². The van der Waals surface area contributed by atoms with Gasteiger partial charge in [0, 0.05) is 31.1 Å². The van der Waals surface area contributed by atoms with Crippen LogP contribution in [0.5, 0.6) is 11.5 Å². The molecule has 15 heteroatoms. The van der Waals surface area contributed by atoms with E-state index >= 15 is 0 Å².